The van der Waals surface area contributed by atoms with Crippen molar-refractivity contribution in [1.82, 2.24) is 10.2 Å². The predicted octanol–water partition coefficient (Wildman–Crippen LogP) is 1.79. The molecule has 0 radical (unpaired) electrons. The smallest absolute Gasteiger partial charge is 0.236 e. The van der Waals surface area contributed by atoms with Crippen LogP contribution in [0.2, 0.25) is 5.02 Å². The molecule has 0 saturated heterocycles. The van der Waals surface area contributed by atoms with Crippen LogP contribution in [0.3, 0.4) is 0 Å². The maximum absolute atomic E-state index is 11.6. The van der Waals surface area contributed by atoms with Gasteiger partial charge in [0.05, 0.1) is 18.1 Å². The van der Waals surface area contributed by atoms with Crippen molar-refractivity contribution < 1.29 is 9.53 Å². The molecule has 1 amide bonds. The summed E-state index contributed by atoms with van der Waals surface area (Å²) in [5.74, 6) is 0.700. The first-order valence-electron chi connectivity index (χ1n) is 5.97. The highest BCUT2D eigenvalue weighted by Gasteiger charge is 2.07. The topological polar surface area (TPSA) is 41.6 Å². The molecule has 0 saturated carbocycles. The monoisotopic (exact) mass is 270 g/mol. The average molecular weight is 271 g/mol. The number of carbonyl (C=O) groups excluding carboxylic acids is 1. The number of para-hydroxylation sites is 1. The number of nitrogens with zero attached hydrogens (tertiary/aromatic N) is 1. The zero-order valence-corrected chi connectivity index (χ0v) is 11.5. The molecule has 4 nitrogen and oxygen atoms in total. The lowest BCUT2D eigenvalue weighted by molar-refractivity contribution is -0.129. The molecule has 0 spiro atoms. The van der Waals surface area contributed by atoms with E-state index in [1.54, 1.807) is 18.0 Å². The SMILES string of the molecule is CCNCC(=O)N(C)CCOc1ccccc1Cl. The quantitative estimate of drug-likeness (QED) is 0.821. The van der Waals surface area contributed by atoms with Gasteiger partial charge in [-0.2, -0.15) is 0 Å². The zero-order chi connectivity index (χ0) is 13.4. The summed E-state index contributed by atoms with van der Waals surface area (Å²) in [6.07, 6.45) is 0. The van der Waals surface area contributed by atoms with Gasteiger partial charge in [0.2, 0.25) is 5.91 Å². The first-order valence-corrected chi connectivity index (χ1v) is 6.35. The molecule has 0 aliphatic carbocycles. The number of ether oxygens (including phenoxy) is 1. The minimum absolute atomic E-state index is 0.0552. The van der Waals surface area contributed by atoms with Gasteiger partial charge < -0.3 is 15.0 Å². The van der Waals surface area contributed by atoms with E-state index in [0.29, 0.717) is 30.5 Å². The second-order valence-corrected chi connectivity index (χ2v) is 4.28. The van der Waals surface area contributed by atoms with Crippen LogP contribution in [-0.2, 0) is 4.79 Å². The van der Waals surface area contributed by atoms with E-state index in [2.05, 4.69) is 5.32 Å². The molecule has 0 fully saturated rings. The number of hydrogen-bond acceptors (Lipinski definition) is 3. The molecule has 0 aliphatic heterocycles. The Labute approximate surface area is 113 Å². The van der Waals surface area contributed by atoms with Crippen LogP contribution in [0.15, 0.2) is 24.3 Å². The summed E-state index contributed by atoms with van der Waals surface area (Å²) in [5, 5.41) is 3.58. The highest BCUT2D eigenvalue weighted by atomic mass is 35.5. The number of hydrogen-bond donors (Lipinski definition) is 1. The van der Waals surface area contributed by atoms with Crippen LogP contribution < -0.4 is 10.1 Å². The molecule has 0 heterocycles. The third-order valence-electron chi connectivity index (χ3n) is 2.47. The summed E-state index contributed by atoms with van der Waals surface area (Å²) in [4.78, 5) is 13.2. The van der Waals surface area contributed by atoms with Crippen molar-refractivity contribution in [3.05, 3.63) is 29.3 Å². The molecule has 0 atom stereocenters. The molecule has 1 aromatic rings. The third-order valence-corrected chi connectivity index (χ3v) is 2.79. The Kier molecular flexibility index (Phi) is 6.54. The van der Waals surface area contributed by atoms with Crippen LogP contribution in [0.1, 0.15) is 6.92 Å². The number of carbonyl (C=O) groups is 1. The molecular formula is C13H19ClN2O2. The summed E-state index contributed by atoms with van der Waals surface area (Å²) >= 11 is 5.96. The fourth-order valence-electron chi connectivity index (χ4n) is 1.35. The minimum Gasteiger partial charge on any atom is -0.490 e. The van der Waals surface area contributed by atoms with E-state index in [0.717, 1.165) is 6.54 Å². The molecule has 1 aromatic carbocycles. The van der Waals surface area contributed by atoms with Gasteiger partial charge in [0.25, 0.3) is 0 Å². The van der Waals surface area contributed by atoms with Crippen LogP contribution in [0.5, 0.6) is 5.75 Å². The number of halogens is 1. The number of amides is 1. The van der Waals surface area contributed by atoms with E-state index in [1.165, 1.54) is 0 Å². The van der Waals surface area contributed by atoms with Gasteiger partial charge >= 0.3 is 0 Å². The van der Waals surface area contributed by atoms with Crippen molar-refractivity contribution in [1.29, 1.82) is 0 Å². The molecule has 1 N–H and O–H groups in total. The van der Waals surface area contributed by atoms with Gasteiger partial charge in [-0.25, -0.2) is 0 Å². The maximum Gasteiger partial charge on any atom is 0.236 e. The van der Waals surface area contributed by atoms with Crippen LogP contribution in [0.25, 0.3) is 0 Å². The highest BCUT2D eigenvalue weighted by molar-refractivity contribution is 6.32. The molecule has 0 unspecified atom stereocenters. The molecule has 1 rings (SSSR count). The van der Waals surface area contributed by atoms with E-state index in [9.17, 15) is 4.79 Å². The van der Waals surface area contributed by atoms with Crippen LogP contribution in [-0.4, -0.2) is 44.1 Å². The number of nitrogens with one attached hydrogen (secondary N) is 1. The first kappa shape index (κ1) is 14.8. The molecule has 5 heteroatoms. The van der Waals surface area contributed by atoms with Crippen molar-refractivity contribution in [3.63, 3.8) is 0 Å². The fourth-order valence-corrected chi connectivity index (χ4v) is 1.54. The second kappa shape index (κ2) is 7.95. The van der Waals surface area contributed by atoms with Crippen molar-refractivity contribution in [2.45, 2.75) is 6.92 Å². The predicted molar refractivity (Wildman–Crippen MR) is 73.1 cm³/mol. The molecular weight excluding hydrogens is 252 g/mol. The Morgan fingerprint density at radius 1 is 1.44 bits per heavy atom. The lowest BCUT2D eigenvalue weighted by Gasteiger charge is -2.17. The van der Waals surface area contributed by atoms with Crippen LogP contribution in [0.4, 0.5) is 0 Å². The van der Waals surface area contributed by atoms with Crippen LogP contribution in [0, 0.1) is 0 Å². The summed E-state index contributed by atoms with van der Waals surface area (Å²) in [6.45, 7) is 4.08. The normalized spacial score (nSPS) is 10.2. The van der Waals surface area contributed by atoms with E-state index >= 15 is 0 Å². The molecule has 100 valence electrons. The van der Waals surface area contributed by atoms with Crippen molar-refractivity contribution in [2.75, 3.05) is 33.3 Å². The average Bonchev–Trinajstić information content (AvgIpc) is 2.38. The molecule has 18 heavy (non-hydrogen) atoms. The van der Waals surface area contributed by atoms with Crippen molar-refractivity contribution in [3.8, 4) is 5.75 Å². The van der Waals surface area contributed by atoms with Gasteiger partial charge in [-0.15, -0.1) is 0 Å². The molecule has 0 aromatic heterocycles. The van der Waals surface area contributed by atoms with Crippen LogP contribution >= 0.6 is 11.6 Å². The Bertz CT molecular complexity index is 385. The zero-order valence-electron chi connectivity index (χ0n) is 10.8. The fraction of sp³-hybridized carbons (Fsp3) is 0.462. The number of rotatable bonds is 7. The highest BCUT2D eigenvalue weighted by Crippen LogP contribution is 2.22. The van der Waals surface area contributed by atoms with Gasteiger partial charge in [-0.3, -0.25) is 4.79 Å². The van der Waals surface area contributed by atoms with E-state index in [4.69, 9.17) is 16.3 Å². The van der Waals surface area contributed by atoms with Gasteiger partial charge in [0.1, 0.15) is 12.4 Å². The van der Waals surface area contributed by atoms with E-state index in [1.807, 2.05) is 25.1 Å². The third kappa shape index (κ3) is 4.94. The van der Waals surface area contributed by atoms with Crippen molar-refractivity contribution in [2.24, 2.45) is 0 Å². The summed E-state index contributed by atoms with van der Waals surface area (Å²) in [6, 6.07) is 7.29. The van der Waals surface area contributed by atoms with Gasteiger partial charge in [-0.05, 0) is 18.7 Å². The standard InChI is InChI=1S/C13H19ClN2O2/c1-3-15-10-13(17)16(2)8-9-18-12-7-5-4-6-11(12)14/h4-7,15H,3,8-10H2,1-2H3. The maximum atomic E-state index is 11.6. The second-order valence-electron chi connectivity index (χ2n) is 3.87. The van der Waals surface area contributed by atoms with Gasteiger partial charge in [0, 0.05) is 7.05 Å². The lowest BCUT2D eigenvalue weighted by Crippen LogP contribution is -2.37. The minimum atomic E-state index is 0.0552. The molecule has 0 aliphatic rings. The Morgan fingerprint density at radius 3 is 2.83 bits per heavy atom. The lowest BCUT2D eigenvalue weighted by atomic mass is 10.3. The number of likely N-dealkylation sites (N-methyl/N-ethyl adjacent to an activating group) is 2. The van der Waals surface area contributed by atoms with Crippen molar-refractivity contribution >= 4 is 17.5 Å². The van der Waals surface area contributed by atoms with E-state index < -0.39 is 0 Å². The Morgan fingerprint density at radius 2 is 2.17 bits per heavy atom. The van der Waals surface area contributed by atoms with E-state index in [-0.39, 0.29) is 5.91 Å². The summed E-state index contributed by atoms with van der Waals surface area (Å²) < 4.78 is 5.52. The van der Waals surface area contributed by atoms with Gasteiger partial charge in [-0.1, -0.05) is 30.7 Å². The van der Waals surface area contributed by atoms with Gasteiger partial charge in [0.15, 0.2) is 0 Å². The largest absolute Gasteiger partial charge is 0.490 e. The summed E-state index contributed by atoms with van der Waals surface area (Å²) in [7, 11) is 1.76. The Balaban J connectivity index is 2.29. The first-order chi connectivity index (χ1) is 8.65. The molecule has 0 bridgehead atoms. The summed E-state index contributed by atoms with van der Waals surface area (Å²) in [5.41, 5.74) is 0. The Hall–Kier alpha value is -1.26. The number of benzene rings is 1.